The number of methoxy groups -OCH3 is 2. The van der Waals surface area contributed by atoms with E-state index in [1.54, 1.807) is 19.2 Å². The molecule has 0 aliphatic heterocycles. The lowest BCUT2D eigenvalue weighted by atomic mass is 10.2. The number of hydrogen-bond donors (Lipinski definition) is 1. The summed E-state index contributed by atoms with van der Waals surface area (Å²) in [6, 6.07) is 4.77. The number of anilines is 1. The molecule has 7 heteroatoms. The monoisotopic (exact) mass is 283 g/mol. The lowest BCUT2D eigenvalue weighted by Crippen LogP contribution is -2.28. The molecule has 0 amide bonds. The van der Waals surface area contributed by atoms with Gasteiger partial charge in [0.2, 0.25) is 0 Å². The quantitative estimate of drug-likeness (QED) is 0.548. The summed E-state index contributed by atoms with van der Waals surface area (Å²) in [5.41, 5.74) is 0.514. The lowest BCUT2D eigenvalue weighted by Gasteiger charge is -2.16. The van der Waals surface area contributed by atoms with E-state index in [0.717, 1.165) is 13.1 Å². The van der Waals surface area contributed by atoms with Gasteiger partial charge in [-0.15, -0.1) is 0 Å². The van der Waals surface area contributed by atoms with Crippen molar-refractivity contribution in [1.29, 1.82) is 0 Å². The predicted octanol–water partition coefficient (Wildman–Crippen LogP) is 1.59. The number of nitrogens with one attached hydrogen (secondary N) is 1. The standard InChI is InChI=1S/C13H21N3O4/c1-15(8-9-19-2)7-6-14-12-5-4-11(20-3)10-13(12)16(17)18/h4-5,10,14H,6-9H2,1-3H3. The van der Waals surface area contributed by atoms with Crippen molar-refractivity contribution in [2.24, 2.45) is 0 Å². The summed E-state index contributed by atoms with van der Waals surface area (Å²) < 4.78 is 9.98. The summed E-state index contributed by atoms with van der Waals surface area (Å²) in [5.74, 6) is 0.472. The molecule has 0 aromatic heterocycles. The number of hydrogen-bond acceptors (Lipinski definition) is 6. The molecule has 7 nitrogen and oxygen atoms in total. The van der Waals surface area contributed by atoms with E-state index in [9.17, 15) is 10.1 Å². The van der Waals surface area contributed by atoms with Crippen molar-refractivity contribution in [2.45, 2.75) is 0 Å². The van der Waals surface area contributed by atoms with E-state index in [0.29, 0.717) is 24.6 Å². The maximum absolute atomic E-state index is 11.0. The molecule has 0 saturated carbocycles. The number of nitro benzene ring substituents is 1. The van der Waals surface area contributed by atoms with Crippen molar-refractivity contribution in [3.05, 3.63) is 28.3 Å². The van der Waals surface area contributed by atoms with Crippen LogP contribution < -0.4 is 10.1 Å². The Morgan fingerprint density at radius 3 is 2.70 bits per heavy atom. The molecule has 0 atom stereocenters. The van der Waals surface area contributed by atoms with Gasteiger partial charge in [0.1, 0.15) is 11.4 Å². The average Bonchev–Trinajstić information content (AvgIpc) is 2.45. The van der Waals surface area contributed by atoms with E-state index in [2.05, 4.69) is 10.2 Å². The molecule has 1 aromatic rings. The average molecular weight is 283 g/mol. The Morgan fingerprint density at radius 1 is 1.35 bits per heavy atom. The Morgan fingerprint density at radius 2 is 2.10 bits per heavy atom. The zero-order valence-corrected chi connectivity index (χ0v) is 12.1. The fourth-order valence-electron chi connectivity index (χ4n) is 1.68. The third kappa shape index (κ3) is 5.02. The Kier molecular flexibility index (Phi) is 6.75. The van der Waals surface area contributed by atoms with E-state index in [4.69, 9.17) is 9.47 Å². The van der Waals surface area contributed by atoms with Crippen LogP contribution in [0.3, 0.4) is 0 Å². The van der Waals surface area contributed by atoms with Crippen molar-refractivity contribution in [3.8, 4) is 5.75 Å². The first-order valence-electron chi connectivity index (χ1n) is 6.32. The van der Waals surface area contributed by atoms with Crippen molar-refractivity contribution in [2.75, 3.05) is 52.8 Å². The first-order valence-corrected chi connectivity index (χ1v) is 6.32. The second-order valence-electron chi connectivity index (χ2n) is 4.36. The second-order valence-corrected chi connectivity index (χ2v) is 4.36. The summed E-state index contributed by atoms with van der Waals surface area (Å²) in [6.07, 6.45) is 0. The Balaban J connectivity index is 2.57. The maximum Gasteiger partial charge on any atom is 0.296 e. The summed E-state index contributed by atoms with van der Waals surface area (Å²) >= 11 is 0. The van der Waals surface area contributed by atoms with Gasteiger partial charge >= 0.3 is 0 Å². The highest BCUT2D eigenvalue weighted by atomic mass is 16.6. The van der Waals surface area contributed by atoms with Crippen LogP contribution in [0.5, 0.6) is 5.75 Å². The predicted molar refractivity (Wildman–Crippen MR) is 77.5 cm³/mol. The van der Waals surface area contributed by atoms with Gasteiger partial charge in [0.05, 0.1) is 24.7 Å². The molecule has 0 fully saturated rings. The van der Waals surface area contributed by atoms with Crippen molar-refractivity contribution in [3.63, 3.8) is 0 Å². The zero-order valence-electron chi connectivity index (χ0n) is 12.1. The molecule has 0 spiro atoms. The van der Waals surface area contributed by atoms with Crippen LogP contribution in [0.1, 0.15) is 0 Å². The second kappa shape index (κ2) is 8.34. The smallest absolute Gasteiger partial charge is 0.296 e. The minimum absolute atomic E-state index is 0.0175. The van der Waals surface area contributed by atoms with Gasteiger partial charge in [0.25, 0.3) is 5.69 Å². The molecule has 0 heterocycles. The number of rotatable bonds is 9. The van der Waals surface area contributed by atoms with Crippen LogP contribution in [0.2, 0.25) is 0 Å². The van der Waals surface area contributed by atoms with Gasteiger partial charge in [0, 0.05) is 26.7 Å². The fourth-order valence-corrected chi connectivity index (χ4v) is 1.68. The summed E-state index contributed by atoms with van der Waals surface area (Å²) in [4.78, 5) is 12.7. The maximum atomic E-state index is 11.0. The Labute approximate surface area is 118 Å². The van der Waals surface area contributed by atoms with Crippen LogP contribution in [0.4, 0.5) is 11.4 Å². The van der Waals surface area contributed by atoms with Gasteiger partial charge in [-0.25, -0.2) is 0 Å². The van der Waals surface area contributed by atoms with Gasteiger partial charge in [-0.1, -0.05) is 0 Å². The zero-order chi connectivity index (χ0) is 15.0. The molecular weight excluding hydrogens is 262 g/mol. The lowest BCUT2D eigenvalue weighted by molar-refractivity contribution is -0.384. The van der Waals surface area contributed by atoms with Gasteiger partial charge in [-0.2, -0.15) is 0 Å². The molecule has 1 rings (SSSR count). The molecule has 1 aromatic carbocycles. The highest BCUT2D eigenvalue weighted by Gasteiger charge is 2.14. The van der Waals surface area contributed by atoms with Crippen LogP contribution >= 0.6 is 0 Å². The fraction of sp³-hybridized carbons (Fsp3) is 0.538. The van der Waals surface area contributed by atoms with Crippen LogP contribution in [-0.4, -0.2) is 57.3 Å². The van der Waals surface area contributed by atoms with Gasteiger partial charge < -0.3 is 19.7 Å². The van der Waals surface area contributed by atoms with Crippen molar-refractivity contribution >= 4 is 11.4 Å². The number of ether oxygens (including phenoxy) is 2. The molecule has 0 saturated heterocycles. The third-order valence-corrected chi connectivity index (χ3v) is 2.89. The van der Waals surface area contributed by atoms with Crippen LogP contribution in [-0.2, 0) is 4.74 Å². The largest absolute Gasteiger partial charge is 0.496 e. The molecule has 20 heavy (non-hydrogen) atoms. The highest BCUT2D eigenvalue weighted by Crippen LogP contribution is 2.28. The van der Waals surface area contributed by atoms with Crippen LogP contribution in [0.15, 0.2) is 18.2 Å². The third-order valence-electron chi connectivity index (χ3n) is 2.89. The summed E-state index contributed by atoms with van der Waals surface area (Å²) in [6.45, 7) is 2.88. The minimum Gasteiger partial charge on any atom is -0.496 e. The van der Waals surface area contributed by atoms with E-state index in [1.807, 2.05) is 7.05 Å². The van der Waals surface area contributed by atoms with E-state index < -0.39 is 4.92 Å². The Hall–Kier alpha value is -1.86. The van der Waals surface area contributed by atoms with E-state index in [-0.39, 0.29) is 5.69 Å². The van der Waals surface area contributed by atoms with E-state index in [1.165, 1.54) is 13.2 Å². The molecule has 112 valence electrons. The molecule has 1 N–H and O–H groups in total. The van der Waals surface area contributed by atoms with Crippen molar-refractivity contribution < 1.29 is 14.4 Å². The first-order chi connectivity index (χ1) is 9.58. The minimum atomic E-state index is -0.417. The van der Waals surface area contributed by atoms with Crippen molar-refractivity contribution in [1.82, 2.24) is 4.90 Å². The number of benzene rings is 1. The SMILES string of the molecule is COCCN(C)CCNc1ccc(OC)cc1[N+](=O)[O-]. The van der Waals surface area contributed by atoms with Gasteiger partial charge in [0.15, 0.2) is 0 Å². The number of likely N-dealkylation sites (N-methyl/N-ethyl adjacent to an activating group) is 1. The molecule has 0 bridgehead atoms. The molecule has 0 unspecified atom stereocenters. The van der Waals surface area contributed by atoms with E-state index >= 15 is 0 Å². The first kappa shape index (κ1) is 16.2. The molecule has 0 aliphatic rings. The summed E-state index contributed by atoms with van der Waals surface area (Å²) in [5, 5.41) is 14.1. The molecule has 0 radical (unpaired) electrons. The molecular formula is C13H21N3O4. The van der Waals surface area contributed by atoms with Crippen LogP contribution in [0.25, 0.3) is 0 Å². The van der Waals surface area contributed by atoms with Gasteiger partial charge in [-0.05, 0) is 19.2 Å². The normalized spacial score (nSPS) is 10.6. The van der Waals surface area contributed by atoms with Crippen LogP contribution in [0, 0.1) is 10.1 Å². The Bertz CT molecular complexity index is 440. The highest BCUT2D eigenvalue weighted by molar-refractivity contribution is 5.63. The number of nitrogens with zero attached hydrogens (tertiary/aromatic N) is 2. The number of nitro groups is 1. The topological polar surface area (TPSA) is 76.9 Å². The van der Waals surface area contributed by atoms with Gasteiger partial charge in [-0.3, -0.25) is 10.1 Å². The molecule has 0 aliphatic carbocycles. The summed E-state index contributed by atoms with van der Waals surface area (Å²) in [7, 11) is 5.12.